The second kappa shape index (κ2) is 4.46. The molecule has 0 aliphatic heterocycles. The minimum atomic E-state index is -0.292. The lowest BCUT2D eigenvalue weighted by molar-refractivity contribution is 0.268. The van der Waals surface area contributed by atoms with Crippen molar-refractivity contribution in [1.29, 1.82) is 0 Å². The van der Waals surface area contributed by atoms with Gasteiger partial charge < -0.3 is 15.8 Å². The van der Waals surface area contributed by atoms with Crippen molar-refractivity contribution in [2.75, 3.05) is 6.61 Å². The van der Waals surface area contributed by atoms with E-state index in [9.17, 15) is 0 Å². The van der Waals surface area contributed by atoms with Gasteiger partial charge in [-0.15, -0.1) is 12.4 Å². The fourth-order valence-corrected chi connectivity index (χ4v) is 1.53. The zero-order valence-electron chi connectivity index (χ0n) is 7.60. The van der Waals surface area contributed by atoms with Gasteiger partial charge in [-0.2, -0.15) is 0 Å². The second-order valence-corrected chi connectivity index (χ2v) is 3.08. The highest BCUT2D eigenvalue weighted by atomic mass is 35.5. The molecule has 0 unspecified atom stereocenters. The molecule has 2 aromatic rings. The number of aromatic amines is 1. The van der Waals surface area contributed by atoms with Crippen molar-refractivity contribution in [3.05, 3.63) is 36.0 Å². The predicted octanol–water partition coefficient (Wildman–Crippen LogP) is 1.58. The van der Waals surface area contributed by atoms with Crippen molar-refractivity contribution in [2.24, 2.45) is 5.73 Å². The van der Waals surface area contributed by atoms with Gasteiger partial charge in [0.1, 0.15) is 0 Å². The van der Waals surface area contributed by atoms with E-state index in [-0.39, 0.29) is 25.1 Å². The third-order valence-electron chi connectivity index (χ3n) is 2.22. The van der Waals surface area contributed by atoms with Gasteiger partial charge in [0.05, 0.1) is 12.6 Å². The third-order valence-corrected chi connectivity index (χ3v) is 2.22. The molecule has 4 heteroatoms. The monoisotopic (exact) mass is 212 g/mol. The number of aliphatic hydroxyl groups is 1. The highest BCUT2D eigenvalue weighted by Crippen LogP contribution is 2.21. The fraction of sp³-hybridized carbons (Fsp3) is 0.200. The van der Waals surface area contributed by atoms with Gasteiger partial charge in [0, 0.05) is 17.1 Å². The molecule has 0 fully saturated rings. The summed E-state index contributed by atoms with van der Waals surface area (Å²) in [6.07, 6.45) is 1.87. The number of aliphatic hydroxyl groups excluding tert-OH is 1. The fourth-order valence-electron chi connectivity index (χ4n) is 1.53. The van der Waals surface area contributed by atoms with Crippen LogP contribution in [0.4, 0.5) is 0 Å². The van der Waals surface area contributed by atoms with Crippen LogP contribution in [0.3, 0.4) is 0 Å². The number of benzene rings is 1. The van der Waals surface area contributed by atoms with Crippen LogP contribution in [0.5, 0.6) is 0 Å². The summed E-state index contributed by atoms with van der Waals surface area (Å²) < 4.78 is 0. The molecule has 0 radical (unpaired) electrons. The first-order chi connectivity index (χ1) is 6.33. The van der Waals surface area contributed by atoms with E-state index in [2.05, 4.69) is 4.98 Å². The summed E-state index contributed by atoms with van der Waals surface area (Å²) in [5.41, 5.74) is 7.80. The molecule has 0 aliphatic rings. The number of aromatic nitrogens is 1. The molecule has 0 amide bonds. The lowest BCUT2D eigenvalue weighted by atomic mass is 10.0. The molecular formula is C10H13ClN2O. The molecule has 0 bridgehead atoms. The zero-order chi connectivity index (χ0) is 9.26. The normalized spacial score (nSPS) is 12.4. The van der Waals surface area contributed by atoms with E-state index < -0.39 is 0 Å². The number of H-pyrrole nitrogens is 1. The van der Waals surface area contributed by atoms with Crippen LogP contribution in [0.15, 0.2) is 30.5 Å². The van der Waals surface area contributed by atoms with E-state index in [0.717, 1.165) is 16.5 Å². The van der Waals surface area contributed by atoms with Crippen LogP contribution >= 0.6 is 12.4 Å². The summed E-state index contributed by atoms with van der Waals surface area (Å²) in [6, 6.07) is 7.55. The minimum Gasteiger partial charge on any atom is -0.394 e. The quantitative estimate of drug-likeness (QED) is 0.708. The molecule has 0 aliphatic carbocycles. The molecule has 3 nitrogen and oxygen atoms in total. The largest absolute Gasteiger partial charge is 0.394 e. The molecule has 0 spiro atoms. The summed E-state index contributed by atoms with van der Waals surface area (Å²) in [5.74, 6) is 0. The molecule has 0 saturated carbocycles. The third kappa shape index (κ3) is 1.75. The Labute approximate surface area is 88.3 Å². The first-order valence-corrected chi connectivity index (χ1v) is 4.25. The Bertz CT molecular complexity index is 413. The second-order valence-electron chi connectivity index (χ2n) is 3.08. The van der Waals surface area contributed by atoms with Crippen molar-refractivity contribution >= 4 is 23.3 Å². The predicted molar refractivity (Wildman–Crippen MR) is 59.6 cm³/mol. The number of fused-ring (bicyclic) bond motifs is 1. The van der Waals surface area contributed by atoms with E-state index >= 15 is 0 Å². The molecule has 1 heterocycles. The smallest absolute Gasteiger partial charge is 0.0624 e. The van der Waals surface area contributed by atoms with Crippen LogP contribution in [0.25, 0.3) is 10.9 Å². The Morgan fingerprint density at radius 1 is 1.36 bits per heavy atom. The van der Waals surface area contributed by atoms with Crippen LogP contribution < -0.4 is 5.73 Å². The SMILES string of the molecule is Cl.N[C@H](CO)c1cccc2[nH]ccc12. The van der Waals surface area contributed by atoms with Gasteiger partial charge in [0.15, 0.2) is 0 Å². The van der Waals surface area contributed by atoms with E-state index in [1.165, 1.54) is 0 Å². The van der Waals surface area contributed by atoms with Crippen molar-refractivity contribution in [3.8, 4) is 0 Å². The molecule has 14 heavy (non-hydrogen) atoms. The van der Waals surface area contributed by atoms with Gasteiger partial charge in [-0.05, 0) is 17.7 Å². The zero-order valence-corrected chi connectivity index (χ0v) is 8.42. The van der Waals surface area contributed by atoms with Gasteiger partial charge in [-0.25, -0.2) is 0 Å². The summed E-state index contributed by atoms with van der Waals surface area (Å²) in [7, 11) is 0. The standard InChI is InChI=1S/C10H12N2O.ClH/c11-9(6-13)7-2-1-3-10-8(7)4-5-12-10;/h1-5,9,12-13H,6,11H2;1H/t9-;/m1./s1. The molecule has 1 atom stereocenters. The first kappa shape index (κ1) is 11.0. The summed E-state index contributed by atoms with van der Waals surface area (Å²) >= 11 is 0. The molecule has 0 saturated heterocycles. The molecule has 4 N–H and O–H groups in total. The Morgan fingerprint density at radius 2 is 2.14 bits per heavy atom. The molecule has 76 valence electrons. The van der Waals surface area contributed by atoms with Gasteiger partial charge in [-0.1, -0.05) is 12.1 Å². The van der Waals surface area contributed by atoms with E-state index in [0.29, 0.717) is 0 Å². The number of nitrogens with two attached hydrogens (primary N) is 1. The lowest BCUT2D eigenvalue weighted by Gasteiger charge is -2.09. The molecule has 2 rings (SSSR count). The number of halogens is 1. The Kier molecular flexibility index (Phi) is 3.52. The van der Waals surface area contributed by atoms with Crippen molar-refractivity contribution < 1.29 is 5.11 Å². The highest BCUT2D eigenvalue weighted by molar-refractivity contribution is 5.85. The minimum absolute atomic E-state index is 0. The topological polar surface area (TPSA) is 62.0 Å². The Balaban J connectivity index is 0.000000980. The maximum Gasteiger partial charge on any atom is 0.0624 e. The summed E-state index contributed by atoms with van der Waals surface area (Å²) in [4.78, 5) is 3.10. The van der Waals surface area contributed by atoms with Gasteiger partial charge >= 0.3 is 0 Å². The van der Waals surface area contributed by atoms with Crippen LogP contribution in [0, 0.1) is 0 Å². The van der Waals surface area contributed by atoms with E-state index in [1.54, 1.807) is 0 Å². The van der Waals surface area contributed by atoms with Crippen LogP contribution in [-0.2, 0) is 0 Å². The number of nitrogens with one attached hydrogen (secondary N) is 1. The summed E-state index contributed by atoms with van der Waals surface area (Å²) in [6.45, 7) is -0.0235. The Hall–Kier alpha value is -1.03. The van der Waals surface area contributed by atoms with Gasteiger partial charge in [0.25, 0.3) is 0 Å². The lowest BCUT2D eigenvalue weighted by Crippen LogP contribution is -2.14. The maximum atomic E-state index is 8.95. The number of hydrogen-bond donors (Lipinski definition) is 3. The first-order valence-electron chi connectivity index (χ1n) is 4.25. The van der Waals surface area contributed by atoms with Gasteiger partial charge in [0.2, 0.25) is 0 Å². The highest BCUT2D eigenvalue weighted by Gasteiger charge is 2.08. The molecular weight excluding hydrogens is 200 g/mol. The van der Waals surface area contributed by atoms with E-state index in [4.69, 9.17) is 10.8 Å². The average molecular weight is 213 g/mol. The average Bonchev–Trinajstić information content (AvgIpc) is 2.63. The van der Waals surface area contributed by atoms with Crippen molar-refractivity contribution in [3.63, 3.8) is 0 Å². The van der Waals surface area contributed by atoms with Crippen molar-refractivity contribution in [1.82, 2.24) is 4.98 Å². The number of rotatable bonds is 2. The van der Waals surface area contributed by atoms with Crippen LogP contribution in [0.2, 0.25) is 0 Å². The van der Waals surface area contributed by atoms with Crippen LogP contribution in [0.1, 0.15) is 11.6 Å². The van der Waals surface area contributed by atoms with Crippen LogP contribution in [-0.4, -0.2) is 16.7 Å². The van der Waals surface area contributed by atoms with Gasteiger partial charge in [-0.3, -0.25) is 0 Å². The van der Waals surface area contributed by atoms with Crippen molar-refractivity contribution in [2.45, 2.75) is 6.04 Å². The molecule has 1 aromatic carbocycles. The molecule has 1 aromatic heterocycles. The maximum absolute atomic E-state index is 8.95. The summed E-state index contributed by atoms with van der Waals surface area (Å²) in [5, 5.41) is 10.0. The number of hydrogen-bond acceptors (Lipinski definition) is 2. The Morgan fingerprint density at radius 3 is 2.86 bits per heavy atom. The van der Waals surface area contributed by atoms with E-state index in [1.807, 2.05) is 30.5 Å².